The molecule has 0 radical (unpaired) electrons. The minimum Gasteiger partial charge on any atom is -0.504 e. The van der Waals surface area contributed by atoms with Crippen molar-refractivity contribution >= 4 is 23.6 Å². The summed E-state index contributed by atoms with van der Waals surface area (Å²) in [6.07, 6.45) is -6.34. The molecule has 3 heterocycles. The van der Waals surface area contributed by atoms with Crippen LogP contribution >= 0.6 is 11.6 Å². The number of phenols is 1. The summed E-state index contributed by atoms with van der Waals surface area (Å²) in [5, 5.41) is 65.8. The Balaban J connectivity index is 1.18. The first-order valence-electron chi connectivity index (χ1n) is 14.1. The number of amides is 1. The van der Waals surface area contributed by atoms with Gasteiger partial charge in [-0.05, 0) is 61.4 Å². The van der Waals surface area contributed by atoms with Gasteiger partial charge in [-0.15, -0.1) is 0 Å². The quantitative estimate of drug-likeness (QED) is 0.109. The van der Waals surface area contributed by atoms with Crippen molar-refractivity contribution in [3.63, 3.8) is 0 Å². The van der Waals surface area contributed by atoms with Gasteiger partial charge >= 0.3 is 0 Å². The molecule has 1 saturated carbocycles. The second kappa shape index (κ2) is 14.0. The summed E-state index contributed by atoms with van der Waals surface area (Å²) in [6, 6.07) is 6.37. The van der Waals surface area contributed by atoms with Crippen LogP contribution in [0.15, 0.2) is 53.8 Å². The van der Waals surface area contributed by atoms with Crippen molar-refractivity contribution in [3.05, 3.63) is 64.5 Å². The standard InChI is InChI=1S/C30H35ClN2O12/c1-13(7-9-41-18-4-3-8-32-28(18)31)25-23(38)24(39)30(45-25)44-17-6-5-15(11-16(17)34)10-14(2)29(40)33-19-20(35)22(37)27-26(21(19)36)42-12-43-27/h3-8,10-11,19-27,30,34-39H,9,12H2,1-2H3,(H,33,40)/b13-7+,14-10+/t19-,20+,21-,22-,23+,24+,25-,26+,27-,30-/m1/s1. The molecule has 1 amide bonds. The lowest BCUT2D eigenvalue weighted by atomic mass is 9.83. The van der Waals surface area contributed by atoms with E-state index < -0.39 is 67.1 Å². The van der Waals surface area contributed by atoms with E-state index in [2.05, 4.69) is 10.3 Å². The number of aliphatic hydroxyl groups is 5. The van der Waals surface area contributed by atoms with Gasteiger partial charge in [0, 0.05) is 11.8 Å². The van der Waals surface area contributed by atoms with Crippen LogP contribution in [0.4, 0.5) is 0 Å². The number of nitrogens with zero attached hydrogens (tertiary/aromatic N) is 1. The van der Waals surface area contributed by atoms with Gasteiger partial charge < -0.3 is 59.6 Å². The molecule has 0 unspecified atom stereocenters. The lowest BCUT2D eigenvalue weighted by Gasteiger charge is -2.41. The highest BCUT2D eigenvalue weighted by atomic mass is 35.5. The van der Waals surface area contributed by atoms with Gasteiger partial charge in [-0.2, -0.15) is 0 Å². The van der Waals surface area contributed by atoms with E-state index in [1.54, 1.807) is 25.1 Å². The van der Waals surface area contributed by atoms with Crippen LogP contribution < -0.4 is 14.8 Å². The molecule has 1 aliphatic carbocycles. The Morgan fingerprint density at radius 1 is 1.02 bits per heavy atom. The average molecular weight is 651 g/mol. The van der Waals surface area contributed by atoms with Crippen LogP contribution in [0.25, 0.3) is 6.08 Å². The molecule has 1 aromatic carbocycles. The van der Waals surface area contributed by atoms with Crippen LogP contribution in [0.2, 0.25) is 5.15 Å². The normalized spacial score (nSPS) is 33.5. The van der Waals surface area contributed by atoms with Crippen molar-refractivity contribution in [1.82, 2.24) is 10.3 Å². The van der Waals surface area contributed by atoms with Crippen molar-refractivity contribution in [2.75, 3.05) is 13.4 Å². The maximum atomic E-state index is 12.9. The number of pyridine rings is 1. The highest BCUT2D eigenvalue weighted by Crippen LogP contribution is 2.34. The Kier molecular flexibility index (Phi) is 10.3. The smallest absolute Gasteiger partial charge is 0.247 e. The molecule has 2 saturated heterocycles. The SMILES string of the molecule is C/C(=C\c1ccc(O[C@@H]2O[C@H](/C(C)=C/COc3cccnc3Cl)[C@@H](O)[C@@H]2O)c(O)c1)C(=O)N[C@@H]1[C@H](O)[C@@H](O)[C@H]2OCO[C@H]2[C@@H]1O. The first kappa shape index (κ1) is 33.1. The number of hydrogen-bond acceptors (Lipinski definition) is 13. The highest BCUT2D eigenvalue weighted by Gasteiger charge is 2.53. The van der Waals surface area contributed by atoms with Gasteiger partial charge in [0.05, 0.1) is 6.04 Å². The topological polar surface area (TPSA) is 210 Å². The van der Waals surface area contributed by atoms with E-state index in [0.29, 0.717) is 16.9 Å². The highest BCUT2D eigenvalue weighted by molar-refractivity contribution is 6.30. The molecule has 2 aliphatic heterocycles. The molecule has 7 N–H and O–H groups in total. The first-order chi connectivity index (χ1) is 21.5. The van der Waals surface area contributed by atoms with E-state index in [9.17, 15) is 35.4 Å². The molecule has 15 heteroatoms. The third kappa shape index (κ3) is 7.09. The number of halogens is 1. The van der Waals surface area contributed by atoms with E-state index >= 15 is 0 Å². The van der Waals surface area contributed by atoms with Crippen molar-refractivity contribution in [3.8, 4) is 17.2 Å². The number of phenolic OH excluding ortho intramolecular Hbond substituents is 1. The van der Waals surface area contributed by atoms with Crippen LogP contribution in [0.1, 0.15) is 19.4 Å². The number of ether oxygens (including phenoxy) is 5. The second-order valence-electron chi connectivity index (χ2n) is 11.0. The number of aromatic nitrogens is 1. The Labute approximate surface area is 263 Å². The minimum atomic E-state index is -1.50. The molecule has 3 fully saturated rings. The molecule has 5 rings (SSSR count). The largest absolute Gasteiger partial charge is 0.504 e. The predicted molar refractivity (Wildman–Crippen MR) is 156 cm³/mol. The Morgan fingerprint density at radius 3 is 2.47 bits per heavy atom. The molecule has 14 nitrogen and oxygen atoms in total. The van der Waals surface area contributed by atoms with Crippen molar-refractivity contribution < 1.29 is 59.1 Å². The molecule has 1 aromatic heterocycles. The molecule has 10 atom stereocenters. The van der Waals surface area contributed by atoms with Gasteiger partial charge in [-0.25, -0.2) is 4.98 Å². The summed E-state index contributed by atoms with van der Waals surface area (Å²) >= 11 is 5.99. The minimum absolute atomic E-state index is 0.0434. The molecule has 0 bridgehead atoms. The molecular weight excluding hydrogens is 616 g/mol. The fourth-order valence-electron chi connectivity index (χ4n) is 5.36. The fraction of sp³-hybridized carbons (Fsp3) is 0.467. The second-order valence-corrected chi connectivity index (χ2v) is 11.3. The Bertz CT molecular complexity index is 1440. The third-order valence-corrected chi connectivity index (χ3v) is 8.19. The first-order valence-corrected chi connectivity index (χ1v) is 14.5. The zero-order valence-corrected chi connectivity index (χ0v) is 25.0. The number of benzene rings is 1. The van der Waals surface area contributed by atoms with Gasteiger partial charge in [0.1, 0.15) is 62.2 Å². The van der Waals surface area contributed by atoms with Crippen molar-refractivity contribution in [2.45, 2.75) is 75.0 Å². The van der Waals surface area contributed by atoms with Crippen LogP contribution in [0, 0.1) is 0 Å². The summed E-state index contributed by atoms with van der Waals surface area (Å²) < 4.78 is 27.5. The number of hydrogen-bond donors (Lipinski definition) is 7. The lowest BCUT2D eigenvalue weighted by molar-refractivity contribution is -0.155. The van der Waals surface area contributed by atoms with E-state index in [0.717, 1.165) is 0 Å². The van der Waals surface area contributed by atoms with Gasteiger partial charge in [0.15, 0.2) is 22.4 Å². The maximum Gasteiger partial charge on any atom is 0.247 e. The maximum absolute atomic E-state index is 12.9. The zero-order valence-electron chi connectivity index (χ0n) is 24.3. The monoisotopic (exact) mass is 650 g/mol. The molecule has 244 valence electrons. The molecule has 45 heavy (non-hydrogen) atoms. The van der Waals surface area contributed by atoms with Crippen molar-refractivity contribution in [2.24, 2.45) is 0 Å². The van der Waals surface area contributed by atoms with Gasteiger partial charge in [0.2, 0.25) is 12.2 Å². The van der Waals surface area contributed by atoms with Crippen LogP contribution in [-0.2, 0) is 19.0 Å². The summed E-state index contributed by atoms with van der Waals surface area (Å²) in [7, 11) is 0. The number of nitrogens with one attached hydrogen (secondary N) is 1. The van der Waals surface area contributed by atoms with E-state index in [1.807, 2.05) is 0 Å². The van der Waals surface area contributed by atoms with Gasteiger partial charge in [-0.1, -0.05) is 17.7 Å². The van der Waals surface area contributed by atoms with E-state index in [4.69, 9.17) is 35.3 Å². The predicted octanol–water partition coefficient (Wildman–Crippen LogP) is 0.0173. The molecule has 2 aromatic rings. The summed E-state index contributed by atoms with van der Waals surface area (Å²) in [5.41, 5.74) is 1.14. The average Bonchev–Trinajstić information content (AvgIpc) is 3.62. The summed E-state index contributed by atoms with van der Waals surface area (Å²) in [6.45, 7) is 3.14. The number of rotatable bonds is 9. The molecular formula is C30H35ClN2O12. The van der Waals surface area contributed by atoms with Crippen LogP contribution in [0.3, 0.4) is 0 Å². The number of aliphatic hydroxyl groups excluding tert-OH is 5. The van der Waals surface area contributed by atoms with Gasteiger partial charge in [-0.3, -0.25) is 4.79 Å². The molecule has 3 aliphatic rings. The fourth-order valence-corrected chi connectivity index (χ4v) is 5.54. The lowest BCUT2D eigenvalue weighted by Crippen LogP contribution is -2.67. The number of fused-ring (bicyclic) bond motifs is 1. The zero-order chi connectivity index (χ0) is 32.4. The van der Waals surface area contributed by atoms with E-state index in [-0.39, 0.29) is 35.6 Å². The molecule has 0 spiro atoms. The Hall–Kier alpha value is -3.31. The van der Waals surface area contributed by atoms with Crippen molar-refractivity contribution in [1.29, 1.82) is 0 Å². The summed E-state index contributed by atoms with van der Waals surface area (Å²) in [4.78, 5) is 16.8. The number of aromatic hydroxyl groups is 1. The van der Waals surface area contributed by atoms with E-state index in [1.165, 1.54) is 37.4 Å². The Morgan fingerprint density at radius 2 is 1.76 bits per heavy atom. The third-order valence-electron chi connectivity index (χ3n) is 7.91. The van der Waals surface area contributed by atoms with Crippen LogP contribution in [-0.4, -0.2) is 116 Å². The summed E-state index contributed by atoms with van der Waals surface area (Å²) in [5.74, 6) is -0.623. The van der Waals surface area contributed by atoms with Crippen LogP contribution in [0.5, 0.6) is 17.2 Å². The number of carbonyl (C=O) groups is 1. The number of carbonyl (C=O) groups excluding carboxylic acids is 1. The van der Waals surface area contributed by atoms with Gasteiger partial charge in [0.25, 0.3) is 0 Å².